The van der Waals surface area contributed by atoms with Gasteiger partial charge in [0.15, 0.2) is 0 Å². The molecule has 0 aromatic heterocycles. The molecule has 92 valence electrons. The Balaban J connectivity index is 2.01. The Kier molecular flexibility index (Phi) is 4.00. The fourth-order valence-electron chi connectivity index (χ4n) is 1.71. The molecule has 18 heavy (non-hydrogen) atoms. The van der Waals surface area contributed by atoms with Gasteiger partial charge in [-0.15, -0.1) is 0 Å². The van der Waals surface area contributed by atoms with Gasteiger partial charge in [0.25, 0.3) is 5.91 Å². The molecule has 0 spiro atoms. The monoisotopic (exact) mass is 259 g/mol. The maximum Gasteiger partial charge on any atom is 0.251 e. The van der Waals surface area contributed by atoms with Crippen LogP contribution in [-0.2, 0) is 6.54 Å². The van der Waals surface area contributed by atoms with Gasteiger partial charge in [-0.2, -0.15) is 0 Å². The highest BCUT2D eigenvalue weighted by Crippen LogP contribution is 2.10. The zero-order valence-electron chi connectivity index (χ0n) is 10.1. The zero-order valence-corrected chi connectivity index (χ0v) is 10.9. The van der Waals surface area contributed by atoms with E-state index in [1.54, 1.807) is 0 Å². The summed E-state index contributed by atoms with van der Waals surface area (Å²) in [5.41, 5.74) is 2.72. The van der Waals surface area contributed by atoms with Gasteiger partial charge in [-0.25, -0.2) is 0 Å². The van der Waals surface area contributed by atoms with Crippen molar-refractivity contribution < 1.29 is 4.79 Å². The van der Waals surface area contributed by atoms with Crippen molar-refractivity contribution >= 4 is 17.5 Å². The van der Waals surface area contributed by atoms with Crippen LogP contribution in [0.2, 0.25) is 5.02 Å². The molecule has 0 saturated carbocycles. The van der Waals surface area contributed by atoms with Crippen LogP contribution in [0.1, 0.15) is 21.5 Å². The fourth-order valence-corrected chi connectivity index (χ4v) is 1.83. The predicted molar refractivity (Wildman–Crippen MR) is 73.8 cm³/mol. The van der Waals surface area contributed by atoms with Crippen molar-refractivity contribution in [1.82, 2.24) is 5.32 Å². The molecule has 3 heteroatoms. The molecule has 0 radical (unpaired) electrons. The van der Waals surface area contributed by atoms with Crippen molar-refractivity contribution in [3.63, 3.8) is 0 Å². The zero-order chi connectivity index (χ0) is 13.0. The molecule has 0 aliphatic heterocycles. The largest absolute Gasteiger partial charge is 0.348 e. The minimum Gasteiger partial charge on any atom is -0.348 e. The summed E-state index contributed by atoms with van der Waals surface area (Å²) >= 11 is 5.80. The number of nitrogens with one attached hydrogen (secondary N) is 1. The lowest BCUT2D eigenvalue weighted by Gasteiger charge is -2.07. The molecule has 0 fully saturated rings. The van der Waals surface area contributed by atoms with Gasteiger partial charge >= 0.3 is 0 Å². The third-order valence-corrected chi connectivity index (χ3v) is 3.01. The lowest BCUT2D eigenvalue weighted by atomic mass is 10.1. The number of carbonyl (C=O) groups excluding carboxylic acids is 1. The Morgan fingerprint density at radius 1 is 1.11 bits per heavy atom. The van der Waals surface area contributed by atoms with E-state index in [-0.39, 0.29) is 5.91 Å². The van der Waals surface area contributed by atoms with E-state index in [0.717, 1.165) is 11.1 Å². The van der Waals surface area contributed by atoms with Gasteiger partial charge in [0.05, 0.1) is 0 Å². The molecule has 0 saturated heterocycles. The van der Waals surface area contributed by atoms with Gasteiger partial charge in [0.2, 0.25) is 0 Å². The van der Waals surface area contributed by atoms with Crippen LogP contribution in [-0.4, -0.2) is 5.91 Å². The Hall–Kier alpha value is -1.80. The first-order chi connectivity index (χ1) is 8.66. The van der Waals surface area contributed by atoms with Crippen molar-refractivity contribution in [3.8, 4) is 0 Å². The molecule has 1 amide bonds. The second-order valence-corrected chi connectivity index (χ2v) is 4.56. The van der Waals surface area contributed by atoms with Crippen LogP contribution in [0, 0.1) is 6.92 Å². The van der Waals surface area contributed by atoms with Crippen molar-refractivity contribution in [2.24, 2.45) is 0 Å². The summed E-state index contributed by atoms with van der Waals surface area (Å²) in [7, 11) is 0. The van der Waals surface area contributed by atoms with Crippen LogP contribution in [0.4, 0.5) is 0 Å². The summed E-state index contributed by atoms with van der Waals surface area (Å²) in [6, 6.07) is 15.0. The number of amides is 1. The van der Waals surface area contributed by atoms with Crippen LogP contribution in [0.5, 0.6) is 0 Å². The van der Waals surface area contributed by atoms with E-state index in [0.29, 0.717) is 17.1 Å². The number of rotatable bonds is 3. The van der Waals surface area contributed by atoms with Crippen molar-refractivity contribution in [2.75, 3.05) is 0 Å². The molecular weight excluding hydrogens is 246 g/mol. The Morgan fingerprint density at radius 3 is 2.44 bits per heavy atom. The minimum absolute atomic E-state index is 0.0527. The third kappa shape index (κ3) is 3.11. The highest BCUT2D eigenvalue weighted by molar-refractivity contribution is 6.30. The maximum atomic E-state index is 12.0. The number of aryl methyl sites for hydroxylation is 1. The second-order valence-electron chi connectivity index (χ2n) is 4.12. The first kappa shape index (κ1) is 12.7. The SMILES string of the molecule is Cc1ccccc1C(=O)NCc1ccc(Cl)cc1. The summed E-state index contributed by atoms with van der Waals surface area (Å²) in [5.74, 6) is -0.0527. The van der Waals surface area contributed by atoms with E-state index in [9.17, 15) is 4.79 Å². The van der Waals surface area contributed by atoms with Gasteiger partial charge in [0.1, 0.15) is 0 Å². The van der Waals surface area contributed by atoms with Gasteiger partial charge < -0.3 is 5.32 Å². The highest BCUT2D eigenvalue weighted by Gasteiger charge is 2.07. The van der Waals surface area contributed by atoms with Crippen LogP contribution < -0.4 is 5.32 Å². The third-order valence-electron chi connectivity index (χ3n) is 2.76. The van der Waals surface area contributed by atoms with E-state index in [1.807, 2.05) is 55.5 Å². The molecule has 2 aromatic carbocycles. The van der Waals surface area contributed by atoms with E-state index in [1.165, 1.54) is 0 Å². The maximum absolute atomic E-state index is 12.0. The van der Waals surface area contributed by atoms with Gasteiger partial charge in [0, 0.05) is 17.1 Å². The molecule has 1 N–H and O–H groups in total. The quantitative estimate of drug-likeness (QED) is 0.897. The van der Waals surface area contributed by atoms with E-state index in [4.69, 9.17) is 11.6 Å². The van der Waals surface area contributed by atoms with Gasteiger partial charge in [-0.1, -0.05) is 41.9 Å². The van der Waals surface area contributed by atoms with E-state index >= 15 is 0 Å². The number of carbonyl (C=O) groups is 1. The number of halogens is 1. The predicted octanol–water partition coefficient (Wildman–Crippen LogP) is 3.58. The molecule has 0 unspecified atom stereocenters. The Labute approximate surface area is 112 Å². The van der Waals surface area contributed by atoms with E-state index in [2.05, 4.69) is 5.32 Å². The Morgan fingerprint density at radius 2 is 1.78 bits per heavy atom. The molecule has 0 aliphatic carbocycles. The molecule has 2 aromatic rings. The van der Waals surface area contributed by atoms with E-state index < -0.39 is 0 Å². The van der Waals surface area contributed by atoms with Crippen LogP contribution in [0.15, 0.2) is 48.5 Å². The summed E-state index contributed by atoms with van der Waals surface area (Å²) in [5, 5.41) is 3.59. The summed E-state index contributed by atoms with van der Waals surface area (Å²) in [6.45, 7) is 2.43. The van der Waals surface area contributed by atoms with Crippen molar-refractivity contribution in [1.29, 1.82) is 0 Å². The van der Waals surface area contributed by atoms with Crippen molar-refractivity contribution in [3.05, 3.63) is 70.2 Å². The topological polar surface area (TPSA) is 29.1 Å². The lowest BCUT2D eigenvalue weighted by Crippen LogP contribution is -2.23. The van der Waals surface area contributed by atoms with Gasteiger partial charge in [-0.3, -0.25) is 4.79 Å². The lowest BCUT2D eigenvalue weighted by molar-refractivity contribution is 0.0950. The first-order valence-electron chi connectivity index (χ1n) is 5.75. The number of hydrogen-bond acceptors (Lipinski definition) is 1. The summed E-state index contributed by atoms with van der Waals surface area (Å²) < 4.78 is 0. The Bertz CT molecular complexity index is 549. The highest BCUT2D eigenvalue weighted by atomic mass is 35.5. The van der Waals surface area contributed by atoms with Crippen LogP contribution >= 0.6 is 11.6 Å². The van der Waals surface area contributed by atoms with Crippen molar-refractivity contribution in [2.45, 2.75) is 13.5 Å². The second kappa shape index (κ2) is 5.69. The van der Waals surface area contributed by atoms with Crippen LogP contribution in [0.3, 0.4) is 0 Å². The average Bonchev–Trinajstić information content (AvgIpc) is 2.38. The smallest absolute Gasteiger partial charge is 0.251 e. The summed E-state index contributed by atoms with van der Waals surface area (Å²) in [4.78, 5) is 12.0. The normalized spacial score (nSPS) is 10.1. The number of hydrogen-bond donors (Lipinski definition) is 1. The van der Waals surface area contributed by atoms with Gasteiger partial charge in [-0.05, 0) is 36.2 Å². The molecule has 0 atom stereocenters. The molecule has 2 nitrogen and oxygen atoms in total. The molecular formula is C15H14ClNO. The molecule has 0 heterocycles. The first-order valence-corrected chi connectivity index (χ1v) is 6.13. The summed E-state index contributed by atoms with van der Waals surface area (Å²) in [6.07, 6.45) is 0. The molecule has 0 aliphatic rings. The fraction of sp³-hybridized carbons (Fsp3) is 0.133. The minimum atomic E-state index is -0.0527. The number of benzene rings is 2. The average molecular weight is 260 g/mol. The standard InChI is InChI=1S/C15H14ClNO/c1-11-4-2-3-5-14(11)15(18)17-10-12-6-8-13(16)9-7-12/h2-9H,10H2,1H3,(H,17,18). The molecule has 2 rings (SSSR count). The molecule has 0 bridgehead atoms. The van der Waals surface area contributed by atoms with Crippen LogP contribution in [0.25, 0.3) is 0 Å².